The molecule has 4 heteroatoms. The number of nitrogens with one attached hydrogen (secondary N) is 1. The van der Waals surface area contributed by atoms with E-state index >= 15 is 0 Å². The van der Waals surface area contributed by atoms with Gasteiger partial charge in [0.15, 0.2) is 5.65 Å². The fourth-order valence-electron chi connectivity index (χ4n) is 2.10. The summed E-state index contributed by atoms with van der Waals surface area (Å²) < 4.78 is 0. The maximum atomic E-state index is 4.18. The van der Waals surface area contributed by atoms with E-state index < -0.39 is 0 Å². The molecule has 4 nitrogen and oxygen atoms in total. The maximum Gasteiger partial charge on any atom is 0.184 e. The van der Waals surface area contributed by atoms with E-state index in [9.17, 15) is 0 Å². The highest BCUT2D eigenvalue weighted by molar-refractivity contribution is 5.90. The molecule has 1 N–H and O–H groups in total. The Labute approximate surface area is 98.7 Å². The summed E-state index contributed by atoms with van der Waals surface area (Å²) in [7, 11) is 0. The minimum absolute atomic E-state index is 0.703. The van der Waals surface area contributed by atoms with Gasteiger partial charge in [-0.15, -0.1) is 0 Å². The lowest BCUT2D eigenvalue weighted by molar-refractivity contribution is 1.09. The second kappa shape index (κ2) is 3.66. The fourth-order valence-corrected chi connectivity index (χ4v) is 2.10. The van der Waals surface area contributed by atoms with Crippen LogP contribution in [0.1, 0.15) is 11.1 Å². The number of hydrogen-bond donors (Lipinski definition) is 1. The maximum absolute atomic E-state index is 4.18. The van der Waals surface area contributed by atoms with Gasteiger partial charge in [-0.1, -0.05) is 17.2 Å². The second-order valence-electron chi connectivity index (χ2n) is 4.24. The van der Waals surface area contributed by atoms with Gasteiger partial charge in [0, 0.05) is 11.8 Å². The summed E-state index contributed by atoms with van der Waals surface area (Å²) in [6.45, 7) is 4.18. The van der Waals surface area contributed by atoms with Gasteiger partial charge in [0.1, 0.15) is 6.33 Å². The third-order valence-electron chi connectivity index (χ3n) is 2.74. The minimum atomic E-state index is 0.703. The van der Waals surface area contributed by atoms with Gasteiger partial charge >= 0.3 is 0 Å². The summed E-state index contributed by atoms with van der Waals surface area (Å²) in [5.41, 5.74) is 5.28. The Morgan fingerprint density at radius 3 is 2.59 bits per heavy atom. The van der Waals surface area contributed by atoms with E-state index in [4.69, 9.17) is 0 Å². The zero-order valence-corrected chi connectivity index (χ0v) is 9.73. The van der Waals surface area contributed by atoms with E-state index in [1.807, 2.05) is 0 Å². The van der Waals surface area contributed by atoms with Crippen molar-refractivity contribution in [2.45, 2.75) is 13.8 Å². The standard InChI is InChI=1S/C13H12N4/c1-8-3-9(2)5-10(4-8)12-11-6-14-7-15-13(11)17-16-12/h3-7H,1-2H3,(H,14,15,16,17). The van der Waals surface area contributed by atoms with Crippen LogP contribution >= 0.6 is 0 Å². The molecule has 84 valence electrons. The molecule has 2 aromatic heterocycles. The van der Waals surface area contributed by atoms with Crippen LogP contribution in [-0.2, 0) is 0 Å². The SMILES string of the molecule is Cc1cc(C)cc(-c2[nH]nc3ncncc23)c1. The molecule has 0 aliphatic carbocycles. The molecule has 2 heterocycles. The molecular weight excluding hydrogens is 212 g/mol. The van der Waals surface area contributed by atoms with Crippen LogP contribution in [-0.4, -0.2) is 20.2 Å². The topological polar surface area (TPSA) is 54.5 Å². The predicted molar refractivity (Wildman–Crippen MR) is 66.6 cm³/mol. The molecule has 0 amide bonds. The lowest BCUT2D eigenvalue weighted by Gasteiger charge is -2.02. The highest BCUT2D eigenvalue weighted by atomic mass is 15.2. The van der Waals surface area contributed by atoms with Gasteiger partial charge in [0.2, 0.25) is 0 Å². The Hall–Kier alpha value is -2.23. The average Bonchev–Trinajstić information content (AvgIpc) is 2.71. The Kier molecular flexibility index (Phi) is 2.14. The minimum Gasteiger partial charge on any atom is -0.275 e. The smallest absolute Gasteiger partial charge is 0.184 e. The number of fused-ring (bicyclic) bond motifs is 1. The van der Waals surface area contributed by atoms with E-state index in [1.165, 1.54) is 17.5 Å². The molecule has 0 saturated heterocycles. The second-order valence-corrected chi connectivity index (χ2v) is 4.24. The van der Waals surface area contributed by atoms with Gasteiger partial charge < -0.3 is 0 Å². The van der Waals surface area contributed by atoms with E-state index in [0.717, 1.165) is 16.6 Å². The summed E-state index contributed by atoms with van der Waals surface area (Å²) in [4.78, 5) is 8.16. The summed E-state index contributed by atoms with van der Waals surface area (Å²) in [5.74, 6) is 0. The first-order chi connectivity index (χ1) is 8.24. The first kappa shape index (κ1) is 9.96. The van der Waals surface area contributed by atoms with Crippen molar-refractivity contribution in [3.63, 3.8) is 0 Å². The van der Waals surface area contributed by atoms with Crippen molar-refractivity contribution in [2.24, 2.45) is 0 Å². The summed E-state index contributed by atoms with van der Waals surface area (Å²) in [6, 6.07) is 6.42. The zero-order chi connectivity index (χ0) is 11.8. The van der Waals surface area contributed by atoms with Crippen molar-refractivity contribution < 1.29 is 0 Å². The Bertz CT molecular complexity index is 664. The number of rotatable bonds is 1. The third kappa shape index (κ3) is 1.67. The predicted octanol–water partition coefficient (Wildman–Crippen LogP) is 2.64. The number of nitrogens with zero attached hydrogens (tertiary/aromatic N) is 3. The molecule has 0 atom stereocenters. The van der Waals surface area contributed by atoms with Crippen LogP contribution < -0.4 is 0 Å². The van der Waals surface area contributed by atoms with Gasteiger partial charge in [0.05, 0.1) is 11.1 Å². The Balaban J connectivity index is 2.27. The number of aromatic nitrogens is 4. The summed E-state index contributed by atoms with van der Waals surface area (Å²) in [6.07, 6.45) is 3.30. The molecule has 3 rings (SSSR count). The van der Waals surface area contributed by atoms with E-state index in [0.29, 0.717) is 5.65 Å². The third-order valence-corrected chi connectivity index (χ3v) is 2.74. The molecule has 3 aromatic rings. The molecule has 0 unspecified atom stereocenters. The van der Waals surface area contributed by atoms with Gasteiger partial charge in [0.25, 0.3) is 0 Å². The normalized spacial score (nSPS) is 10.9. The first-order valence-electron chi connectivity index (χ1n) is 5.47. The highest BCUT2D eigenvalue weighted by Crippen LogP contribution is 2.26. The van der Waals surface area contributed by atoms with E-state index in [-0.39, 0.29) is 0 Å². The van der Waals surface area contributed by atoms with Crippen molar-refractivity contribution in [1.82, 2.24) is 20.2 Å². The van der Waals surface area contributed by atoms with E-state index in [1.54, 1.807) is 6.20 Å². The summed E-state index contributed by atoms with van der Waals surface area (Å²) in [5, 5.41) is 8.17. The molecule has 0 saturated carbocycles. The van der Waals surface area contributed by atoms with Crippen LogP contribution in [0.3, 0.4) is 0 Å². The molecule has 1 aromatic carbocycles. The molecule has 0 aliphatic rings. The van der Waals surface area contributed by atoms with Gasteiger partial charge in [-0.3, -0.25) is 5.10 Å². The monoisotopic (exact) mass is 224 g/mol. The number of hydrogen-bond acceptors (Lipinski definition) is 3. The molecule has 0 bridgehead atoms. The molecule has 0 fully saturated rings. The Morgan fingerprint density at radius 2 is 1.82 bits per heavy atom. The first-order valence-corrected chi connectivity index (χ1v) is 5.47. The van der Waals surface area contributed by atoms with Gasteiger partial charge in [-0.25, -0.2) is 9.97 Å². The molecule has 0 aliphatic heterocycles. The van der Waals surface area contributed by atoms with Crippen molar-refractivity contribution in [3.05, 3.63) is 41.9 Å². The van der Waals surface area contributed by atoms with Crippen LogP contribution in [0.5, 0.6) is 0 Å². The highest BCUT2D eigenvalue weighted by Gasteiger charge is 2.08. The molecule has 17 heavy (non-hydrogen) atoms. The quantitative estimate of drug-likeness (QED) is 0.691. The number of aryl methyl sites for hydroxylation is 2. The summed E-state index contributed by atoms with van der Waals surface area (Å²) >= 11 is 0. The molecular formula is C13H12N4. The lowest BCUT2D eigenvalue weighted by atomic mass is 10.0. The Morgan fingerprint density at radius 1 is 1.06 bits per heavy atom. The van der Waals surface area contributed by atoms with Crippen molar-refractivity contribution in [2.75, 3.05) is 0 Å². The van der Waals surface area contributed by atoms with Gasteiger partial charge in [-0.2, -0.15) is 5.10 Å². The molecule has 0 spiro atoms. The van der Waals surface area contributed by atoms with Crippen molar-refractivity contribution in [1.29, 1.82) is 0 Å². The molecule has 0 radical (unpaired) electrons. The van der Waals surface area contributed by atoms with Crippen LogP contribution in [0.4, 0.5) is 0 Å². The van der Waals surface area contributed by atoms with E-state index in [2.05, 4.69) is 52.2 Å². The number of benzene rings is 1. The number of H-pyrrole nitrogens is 1. The van der Waals surface area contributed by atoms with Crippen LogP contribution in [0, 0.1) is 13.8 Å². The van der Waals surface area contributed by atoms with Crippen molar-refractivity contribution in [3.8, 4) is 11.3 Å². The number of aromatic amines is 1. The lowest BCUT2D eigenvalue weighted by Crippen LogP contribution is -1.84. The van der Waals surface area contributed by atoms with Gasteiger partial charge in [-0.05, 0) is 26.0 Å². The average molecular weight is 224 g/mol. The largest absolute Gasteiger partial charge is 0.275 e. The van der Waals surface area contributed by atoms with Crippen LogP contribution in [0.25, 0.3) is 22.3 Å². The van der Waals surface area contributed by atoms with Crippen molar-refractivity contribution >= 4 is 11.0 Å². The van der Waals surface area contributed by atoms with Crippen LogP contribution in [0.15, 0.2) is 30.7 Å². The van der Waals surface area contributed by atoms with Crippen LogP contribution in [0.2, 0.25) is 0 Å². The fraction of sp³-hybridized carbons (Fsp3) is 0.154. The zero-order valence-electron chi connectivity index (χ0n) is 9.73.